The van der Waals surface area contributed by atoms with E-state index in [2.05, 4.69) is 5.32 Å². The number of amides is 1. The molecule has 1 heterocycles. The number of ether oxygens (including phenoxy) is 1. The number of esters is 1. The van der Waals surface area contributed by atoms with Crippen molar-refractivity contribution in [2.45, 2.75) is 24.8 Å². The first-order valence-corrected chi connectivity index (χ1v) is 9.32. The molecule has 8 heteroatoms. The molecule has 0 fully saturated rings. The van der Waals surface area contributed by atoms with Crippen LogP contribution in [0.3, 0.4) is 0 Å². The van der Waals surface area contributed by atoms with Gasteiger partial charge in [0.1, 0.15) is 5.76 Å². The standard InChI is InChI=1S/C17H19NO6S/c1-3-25(21,22)15-9-5-4-7-13(15)17(20)24-11-16(19)18-12(2)14-8-6-10-23-14/h4-10,12H,3,11H2,1-2H3,(H,18,19)/t12-/m1/s1. The Kier molecular flexibility index (Phi) is 5.97. The van der Waals surface area contributed by atoms with Gasteiger partial charge in [-0.1, -0.05) is 19.1 Å². The van der Waals surface area contributed by atoms with E-state index < -0.39 is 28.3 Å². The summed E-state index contributed by atoms with van der Waals surface area (Å²) in [4.78, 5) is 23.9. The van der Waals surface area contributed by atoms with Crippen LogP contribution in [0.4, 0.5) is 0 Å². The van der Waals surface area contributed by atoms with Gasteiger partial charge in [0.25, 0.3) is 5.91 Å². The zero-order valence-electron chi connectivity index (χ0n) is 13.9. The smallest absolute Gasteiger partial charge is 0.339 e. The van der Waals surface area contributed by atoms with Crippen molar-refractivity contribution in [3.8, 4) is 0 Å². The summed E-state index contributed by atoms with van der Waals surface area (Å²) >= 11 is 0. The summed E-state index contributed by atoms with van der Waals surface area (Å²) in [7, 11) is -3.57. The molecule has 0 aliphatic carbocycles. The molecule has 134 valence electrons. The number of nitrogens with one attached hydrogen (secondary N) is 1. The fourth-order valence-corrected chi connectivity index (χ4v) is 3.25. The maximum Gasteiger partial charge on any atom is 0.339 e. The SMILES string of the molecule is CCS(=O)(=O)c1ccccc1C(=O)OCC(=O)N[C@H](C)c1ccco1. The molecule has 0 spiro atoms. The average Bonchev–Trinajstić information content (AvgIpc) is 3.14. The molecule has 0 radical (unpaired) electrons. The zero-order chi connectivity index (χ0) is 18.4. The van der Waals surface area contributed by atoms with Gasteiger partial charge in [-0.2, -0.15) is 0 Å². The van der Waals surface area contributed by atoms with Crippen molar-refractivity contribution in [3.05, 3.63) is 54.0 Å². The third-order valence-corrected chi connectivity index (χ3v) is 5.29. The number of rotatable bonds is 7. The lowest BCUT2D eigenvalue weighted by molar-refractivity contribution is -0.125. The molecule has 0 saturated carbocycles. The summed E-state index contributed by atoms with van der Waals surface area (Å²) in [6.07, 6.45) is 1.49. The average molecular weight is 365 g/mol. The van der Waals surface area contributed by atoms with Crippen molar-refractivity contribution in [2.75, 3.05) is 12.4 Å². The monoisotopic (exact) mass is 365 g/mol. The van der Waals surface area contributed by atoms with Gasteiger partial charge in [0.15, 0.2) is 16.4 Å². The summed E-state index contributed by atoms with van der Waals surface area (Å²) in [5.41, 5.74) is -0.0868. The molecule has 1 aromatic heterocycles. The number of benzene rings is 1. The highest BCUT2D eigenvalue weighted by Gasteiger charge is 2.22. The number of sulfone groups is 1. The van der Waals surface area contributed by atoms with E-state index in [9.17, 15) is 18.0 Å². The molecule has 1 aromatic carbocycles. The molecule has 2 aromatic rings. The maximum absolute atomic E-state index is 12.2. The Balaban J connectivity index is 2.00. The van der Waals surface area contributed by atoms with Gasteiger partial charge in [-0.25, -0.2) is 13.2 Å². The van der Waals surface area contributed by atoms with Crippen molar-refractivity contribution in [3.63, 3.8) is 0 Å². The van der Waals surface area contributed by atoms with Crippen LogP contribution in [-0.2, 0) is 19.4 Å². The molecule has 25 heavy (non-hydrogen) atoms. The second-order valence-corrected chi connectivity index (χ2v) is 7.53. The van der Waals surface area contributed by atoms with Crippen LogP contribution in [0.2, 0.25) is 0 Å². The van der Waals surface area contributed by atoms with Gasteiger partial charge in [-0.05, 0) is 31.2 Å². The number of hydrogen-bond donors (Lipinski definition) is 1. The van der Waals surface area contributed by atoms with E-state index in [1.807, 2.05) is 0 Å². The molecule has 2 rings (SSSR count). The van der Waals surface area contributed by atoms with Gasteiger partial charge in [-0.15, -0.1) is 0 Å². The number of hydrogen-bond acceptors (Lipinski definition) is 6. The van der Waals surface area contributed by atoms with Gasteiger partial charge < -0.3 is 14.5 Å². The summed E-state index contributed by atoms with van der Waals surface area (Å²) in [6.45, 7) is 2.69. The normalized spacial score (nSPS) is 12.4. The first-order valence-electron chi connectivity index (χ1n) is 7.67. The molecule has 0 unspecified atom stereocenters. The summed E-state index contributed by atoms with van der Waals surface area (Å²) in [6, 6.07) is 8.78. The Bertz CT molecular complexity index is 842. The first kappa shape index (κ1) is 18.7. The summed E-state index contributed by atoms with van der Waals surface area (Å²) in [5.74, 6) is -0.959. The molecule has 0 aliphatic rings. The van der Waals surface area contributed by atoms with Crippen LogP contribution >= 0.6 is 0 Å². The fraction of sp³-hybridized carbons (Fsp3) is 0.294. The predicted molar refractivity (Wildman–Crippen MR) is 89.7 cm³/mol. The molecule has 1 atom stereocenters. The Morgan fingerprint density at radius 2 is 1.92 bits per heavy atom. The Labute approximate surface area is 145 Å². The number of furan rings is 1. The molecular weight excluding hydrogens is 346 g/mol. The van der Waals surface area contributed by atoms with E-state index in [-0.39, 0.29) is 22.3 Å². The Morgan fingerprint density at radius 1 is 1.20 bits per heavy atom. The molecule has 0 saturated heterocycles. The van der Waals surface area contributed by atoms with E-state index in [1.54, 1.807) is 19.1 Å². The second kappa shape index (κ2) is 7.98. The minimum atomic E-state index is -3.57. The topological polar surface area (TPSA) is 103 Å². The van der Waals surface area contributed by atoms with Crippen molar-refractivity contribution in [2.24, 2.45) is 0 Å². The lowest BCUT2D eigenvalue weighted by atomic mass is 10.2. The predicted octanol–water partition coefficient (Wildman–Crippen LogP) is 2.11. The van der Waals surface area contributed by atoms with Crippen LogP contribution in [0.1, 0.15) is 36.0 Å². The van der Waals surface area contributed by atoms with Crippen LogP contribution in [0, 0.1) is 0 Å². The molecule has 1 N–H and O–H groups in total. The molecule has 1 amide bonds. The molecule has 0 aliphatic heterocycles. The van der Waals surface area contributed by atoms with Gasteiger partial charge in [0.05, 0.1) is 28.5 Å². The molecular formula is C17H19NO6S. The van der Waals surface area contributed by atoms with E-state index in [0.717, 1.165) is 0 Å². The largest absolute Gasteiger partial charge is 0.467 e. The van der Waals surface area contributed by atoms with Crippen LogP contribution in [0.15, 0.2) is 52.0 Å². The highest BCUT2D eigenvalue weighted by atomic mass is 32.2. The van der Waals surface area contributed by atoms with Crippen LogP contribution < -0.4 is 5.32 Å². The van der Waals surface area contributed by atoms with E-state index in [1.165, 1.54) is 37.5 Å². The van der Waals surface area contributed by atoms with Crippen molar-refractivity contribution in [1.29, 1.82) is 0 Å². The van der Waals surface area contributed by atoms with Crippen molar-refractivity contribution in [1.82, 2.24) is 5.32 Å². The Hall–Kier alpha value is -2.61. The minimum Gasteiger partial charge on any atom is -0.467 e. The van der Waals surface area contributed by atoms with Gasteiger partial charge in [0.2, 0.25) is 0 Å². The quantitative estimate of drug-likeness (QED) is 0.754. The highest BCUT2D eigenvalue weighted by Crippen LogP contribution is 2.18. The maximum atomic E-state index is 12.2. The van der Waals surface area contributed by atoms with Gasteiger partial charge in [-0.3, -0.25) is 4.79 Å². The van der Waals surface area contributed by atoms with Crippen molar-refractivity contribution >= 4 is 21.7 Å². The van der Waals surface area contributed by atoms with Crippen LogP contribution in [0.25, 0.3) is 0 Å². The fourth-order valence-electron chi connectivity index (χ4n) is 2.16. The molecule has 7 nitrogen and oxygen atoms in total. The van der Waals surface area contributed by atoms with Crippen LogP contribution in [-0.4, -0.2) is 32.7 Å². The second-order valence-electron chi connectivity index (χ2n) is 5.28. The number of carbonyl (C=O) groups excluding carboxylic acids is 2. The van der Waals surface area contributed by atoms with E-state index >= 15 is 0 Å². The van der Waals surface area contributed by atoms with Gasteiger partial charge >= 0.3 is 5.97 Å². The summed E-state index contributed by atoms with van der Waals surface area (Å²) in [5, 5.41) is 2.62. The molecule has 0 bridgehead atoms. The zero-order valence-corrected chi connectivity index (χ0v) is 14.7. The number of carbonyl (C=O) groups is 2. The third-order valence-electron chi connectivity index (χ3n) is 3.50. The van der Waals surface area contributed by atoms with E-state index in [4.69, 9.17) is 9.15 Å². The lowest BCUT2D eigenvalue weighted by Crippen LogP contribution is -2.31. The third kappa shape index (κ3) is 4.69. The summed E-state index contributed by atoms with van der Waals surface area (Å²) < 4.78 is 34.2. The highest BCUT2D eigenvalue weighted by molar-refractivity contribution is 7.91. The van der Waals surface area contributed by atoms with Crippen molar-refractivity contribution < 1.29 is 27.2 Å². The van der Waals surface area contributed by atoms with Crippen LogP contribution in [0.5, 0.6) is 0 Å². The Morgan fingerprint density at radius 3 is 2.56 bits per heavy atom. The van der Waals surface area contributed by atoms with E-state index in [0.29, 0.717) is 5.76 Å². The lowest BCUT2D eigenvalue weighted by Gasteiger charge is -2.12. The minimum absolute atomic E-state index is 0.0868. The first-order chi connectivity index (χ1) is 11.8. The van der Waals surface area contributed by atoms with Gasteiger partial charge in [0, 0.05) is 0 Å².